The minimum Gasteiger partial charge on any atom is -0.493 e. The standard InChI is InChI=1S/C23H27FN2O5/c1-29-12-11-25-22(27)19-14-26(23(28)15-7-9-16(24)10-8-15)13-18(19)17-5-4-6-20(30-2)21(17)31-3/h4-10,18-19H,11-14H2,1-3H3,(H,25,27). The first-order valence-corrected chi connectivity index (χ1v) is 10.0. The number of benzene rings is 2. The summed E-state index contributed by atoms with van der Waals surface area (Å²) in [6, 6.07) is 10.9. The van der Waals surface area contributed by atoms with E-state index >= 15 is 0 Å². The first kappa shape index (κ1) is 22.6. The van der Waals surface area contributed by atoms with Gasteiger partial charge in [0.25, 0.3) is 5.91 Å². The van der Waals surface area contributed by atoms with Crippen LogP contribution in [0.2, 0.25) is 0 Å². The summed E-state index contributed by atoms with van der Waals surface area (Å²) in [6.07, 6.45) is 0. The number of hydrogen-bond donors (Lipinski definition) is 1. The zero-order valence-electron chi connectivity index (χ0n) is 17.9. The molecule has 0 spiro atoms. The minimum atomic E-state index is -0.484. The van der Waals surface area contributed by atoms with E-state index in [1.54, 1.807) is 32.3 Å². The lowest BCUT2D eigenvalue weighted by Gasteiger charge is -2.21. The first-order valence-electron chi connectivity index (χ1n) is 10.0. The first-order chi connectivity index (χ1) is 15.0. The van der Waals surface area contributed by atoms with Crippen LogP contribution in [-0.2, 0) is 9.53 Å². The highest BCUT2D eigenvalue weighted by atomic mass is 19.1. The van der Waals surface area contributed by atoms with Crippen molar-refractivity contribution in [3.8, 4) is 11.5 Å². The summed E-state index contributed by atoms with van der Waals surface area (Å²) in [5.41, 5.74) is 1.17. The zero-order valence-corrected chi connectivity index (χ0v) is 17.9. The van der Waals surface area contributed by atoms with E-state index in [2.05, 4.69) is 5.32 Å². The maximum Gasteiger partial charge on any atom is 0.253 e. The number of methoxy groups -OCH3 is 3. The molecule has 2 amide bonds. The number of rotatable bonds is 8. The van der Waals surface area contributed by atoms with Crippen LogP contribution in [-0.4, -0.2) is 64.3 Å². The van der Waals surface area contributed by atoms with Crippen molar-refractivity contribution >= 4 is 11.8 Å². The van der Waals surface area contributed by atoms with E-state index < -0.39 is 11.7 Å². The second-order valence-corrected chi connectivity index (χ2v) is 7.30. The number of hydrogen-bond acceptors (Lipinski definition) is 5. The number of para-hydroxylation sites is 1. The normalized spacial score (nSPS) is 18.0. The Balaban J connectivity index is 1.91. The van der Waals surface area contributed by atoms with E-state index in [9.17, 15) is 14.0 Å². The Bertz CT molecular complexity index is 919. The van der Waals surface area contributed by atoms with Gasteiger partial charge in [0.1, 0.15) is 5.82 Å². The molecule has 2 atom stereocenters. The van der Waals surface area contributed by atoms with E-state index in [1.165, 1.54) is 24.3 Å². The summed E-state index contributed by atoms with van der Waals surface area (Å²) in [5.74, 6) is -0.505. The molecule has 7 nitrogen and oxygen atoms in total. The van der Waals surface area contributed by atoms with Gasteiger partial charge in [0.15, 0.2) is 11.5 Å². The molecule has 2 unspecified atom stereocenters. The quantitative estimate of drug-likeness (QED) is 0.651. The highest BCUT2D eigenvalue weighted by Gasteiger charge is 2.42. The third-order valence-corrected chi connectivity index (χ3v) is 5.47. The second-order valence-electron chi connectivity index (χ2n) is 7.30. The van der Waals surface area contributed by atoms with Gasteiger partial charge in [-0.15, -0.1) is 0 Å². The lowest BCUT2D eigenvalue weighted by Crippen LogP contribution is -2.37. The largest absolute Gasteiger partial charge is 0.493 e. The third kappa shape index (κ3) is 4.96. The van der Waals surface area contributed by atoms with E-state index in [0.29, 0.717) is 36.8 Å². The Kier molecular flexibility index (Phi) is 7.46. The molecule has 1 aliphatic rings. The maximum absolute atomic E-state index is 13.3. The molecular formula is C23H27FN2O5. The molecule has 2 aromatic rings. The zero-order chi connectivity index (χ0) is 22.4. The number of carbonyl (C=O) groups excluding carboxylic acids is 2. The molecule has 0 aliphatic carbocycles. The molecule has 1 heterocycles. The molecule has 31 heavy (non-hydrogen) atoms. The van der Waals surface area contributed by atoms with Gasteiger partial charge in [-0.2, -0.15) is 0 Å². The summed E-state index contributed by atoms with van der Waals surface area (Å²) < 4.78 is 29.3. The highest BCUT2D eigenvalue weighted by molar-refractivity contribution is 5.95. The van der Waals surface area contributed by atoms with Crippen LogP contribution in [0.15, 0.2) is 42.5 Å². The van der Waals surface area contributed by atoms with E-state index in [0.717, 1.165) is 5.56 Å². The average Bonchev–Trinajstić information content (AvgIpc) is 3.24. The Morgan fingerprint density at radius 3 is 2.45 bits per heavy atom. The number of nitrogens with one attached hydrogen (secondary N) is 1. The van der Waals surface area contributed by atoms with Crippen LogP contribution < -0.4 is 14.8 Å². The van der Waals surface area contributed by atoms with E-state index in [-0.39, 0.29) is 24.3 Å². The Morgan fingerprint density at radius 1 is 1.06 bits per heavy atom. The van der Waals surface area contributed by atoms with Crippen LogP contribution in [0, 0.1) is 11.7 Å². The highest BCUT2D eigenvalue weighted by Crippen LogP contribution is 2.42. The summed E-state index contributed by atoms with van der Waals surface area (Å²) in [6.45, 7) is 1.33. The molecule has 2 aromatic carbocycles. The Morgan fingerprint density at radius 2 is 1.81 bits per heavy atom. The van der Waals surface area contributed by atoms with Crippen molar-refractivity contribution in [3.63, 3.8) is 0 Å². The van der Waals surface area contributed by atoms with Crippen LogP contribution >= 0.6 is 0 Å². The predicted molar refractivity (Wildman–Crippen MR) is 113 cm³/mol. The van der Waals surface area contributed by atoms with Gasteiger partial charge in [-0.3, -0.25) is 9.59 Å². The average molecular weight is 430 g/mol. The topological polar surface area (TPSA) is 77.1 Å². The van der Waals surface area contributed by atoms with Crippen LogP contribution in [0.1, 0.15) is 21.8 Å². The summed E-state index contributed by atoms with van der Waals surface area (Å²) in [5, 5.41) is 2.87. The SMILES string of the molecule is COCCNC(=O)C1CN(C(=O)c2ccc(F)cc2)CC1c1cccc(OC)c1OC. The van der Waals surface area contributed by atoms with Gasteiger partial charge in [0.05, 0.1) is 26.7 Å². The van der Waals surface area contributed by atoms with Crippen molar-refractivity contribution in [1.82, 2.24) is 10.2 Å². The number of carbonyl (C=O) groups is 2. The molecule has 166 valence electrons. The van der Waals surface area contributed by atoms with Gasteiger partial charge in [-0.25, -0.2) is 4.39 Å². The number of likely N-dealkylation sites (tertiary alicyclic amines) is 1. The fourth-order valence-electron chi connectivity index (χ4n) is 3.94. The third-order valence-electron chi connectivity index (χ3n) is 5.47. The smallest absolute Gasteiger partial charge is 0.253 e. The number of amides is 2. The lowest BCUT2D eigenvalue weighted by atomic mass is 9.87. The second kappa shape index (κ2) is 10.3. The molecule has 0 bridgehead atoms. The number of ether oxygens (including phenoxy) is 3. The van der Waals surface area contributed by atoms with Gasteiger partial charge in [-0.1, -0.05) is 12.1 Å². The van der Waals surface area contributed by atoms with E-state index in [4.69, 9.17) is 14.2 Å². The monoisotopic (exact) mass is 430 g/mol. The maximum atomic E-state index is 13.3. The predicted octanol–water partition coefficient (Wildman–Crippen LogP) is 2.46. The molecule has 1 N–H and O–H groups in total. The van der Waals surface area contributed by atoms with Gasteiger partial charge in [0, 0.05) is 43.8 Å². The van der Waals surface area contributed by atoms with Crippen LogP contribution in [0.5, 0.6) is 11.5 Å². The van der Waals surface area contributed by atoms with Crippen molar-refractivity contribution in [2.24, 2.45) is 5.92 Å². The van der Waals surface area contributed by atoms with Gasteiger partial charge in [-0.05, 0) is 30.3 Å². The van der Waals surface area contributed by atoms with Crippen molar-refractivity contribution in [3.05, 3.63) is 59.4 Å². The summed E-state index contributed by atoms with van der Waals surface area (Å²) >= 11 is 0. The van der Waals surface area contributed by atoms with Crippen molar-refractivity contribution in [2.75, 3.05) is 47.6 Å². The molecule has 1 saturated heterocycles. The fraction of sp³-hybridized carbons (Fsp3) is 0.391. The molecular weight excluding hydrogens is 403 g/mol. The minimum absolute atomic E-state index is 0.165. The van der Waals surface area contributed by atoms with Crippen molar-refractivity contribution in [2.45, 2.75) is 5.92 Å². The van der Waals surface area contributed by atoms with Gasteiger partial charge >= 0.3 is 0 Å². The summed E-state index contributed by atoms with van der Waals surface area (Å²) in [4.78, 5) is 27.6. The van der Waals surface area contributed by atoms with E-state index in [1.807, 2.05) is 12.1 Å². The molecule has 1 fully saturated rings. The number of halogens is 1. The van der Waals surface area contributed by atoms with Crippen molar-refractivity contribution in [1.29, 1.82) is 0 Å². The Labute approximate surface area is 181 Å². The summed E-state index contributed by atoms with van der Waals surface area (Å²) in [7, 11) is 4.66. The molecule has 1 aliphatic heterocycles. The van der Waals surface area contributed by atoms with Crippen LogP contribution in [0.25, 0.3) is 0 Å². The molecule has 0 radical (unpaired) electrons. The fourth-order valence-corrected chi connectivity index (χ4v) is 3.94. The lowest BCUT2D eigenvalue weighted by molar-refractivity contribution is -0.125. The van der Waals surface area contributed by atoms with Gasteiger partial charge < -0.3 is 24.4 Å². The molecule has 0 saturated carbocycles. The molecule has 0 aromatic heterocycles. The van der Waals surface area contributed by atoms with Crippen molar-refractivity contribution < 1.29 is 28.2 Å². The van der Waals surface area contributed by atoms with Crippen LogP contribution in [0.4, 0.5) is 4.39 Å². The molecule has 3 rings (SSSR count). The van der Waals surface area contributed by atoms with Crippen LogP contribution in [0.3, 0.4) is 0 Å². The molecule has 8 heteroatoms. The van der Waals surface area contributed by atoms with Gasteiger partial charge in [0.2, 0.25) is 5.91 Å². The number of nitrogens with zero attached hydrogens (tertiary/aromatic N) is 1. The Hall–Kier alpha value is -3.13.